The first-order valence-electron chi connectivity index (χ1n) is 9.70. The van der Waals surface area contributed by atoms with E-state index in [1.54, 1.807) is 53.8 Å². The summed E-state index contributed by atoms with van der Waals surface area (Å²) in [7, 11) is 0. The summed E-state index contributed by atoms with van der Waals surface area (Å²) < 4.78 is 39.5. The Balaban J connectivity index is 1.45. The number of carbonyl (C=O) groups is 1. The predicted octanol–water partition coefficient (Wildman–Crippen LogP) is 5.49. The summed E-state index contributed by atoms with van der Waals surface area (Å²) in [6, 6.07) is 20.0. The van der Waals surface area contributed by atoms with Gasteiger partial charge in [-0.1, -0.05) is 48.5 Å². The zero-order valence-corrected chi connectivity index (χ0v) is 16.9. The summed E-state index contributed by atoms with van der Waals surface area (Å²) in [5.41, 5.74) is 1.95. The SMILES string of the molecule is O=C(N(Cc1ccccc1)c1ccc(C2CC2NCc2cccs2)cc1)C(F)(F)F. The first kappa shape index (κ1) is 20.6. The van der Waals surface area contributed by atoms with Gasteiger partial charge < -0.3 is 10.2 Å². The van der Waals surface area contributed by atoms with Crippen LogP contribution >= 0.6 is 11.3 Å². The average molecular weight is 430 g/mol. The van der Waals surface area contributed by atoms with Crippen LogP contribution in [0.4, 0.5) is 18.9 Å². The molecule has 0 bridgehead atoms. The molecule has 1 fully saturated rings. The van der Waals surface area contributed by atoms with Crippen LogP contribution < -0.4 is 10.2 Å². The number of amides is 1. The van der Waals surface area contributed by atoms with Crippen molar-refractivity contribution in [2.45, 2.75) is 37.6 Å². The predicted molar refractivity (Wildman–Crippen MR) is 112 cm³/mol. The highest BCUT2D eigenvalue weighted by Gasteiger charge is 2.43. The van der Waals surface area contributed by atoms with E-state index < -0.39 is 12.1 Å². The lowest BCUT2D eigenvalue weighted by Crippen LogP contribution is -2.40. The molecule has 1 aliphatic carbocycles. The molecule has 2 aromatic carbocycles. The Bertz CT molecular complexity index is 972. The van der Waals surface area contributed by atoms with Gasteiger partial charge in [-0.3, -0.25) is 4.79 Å². The van der Waals surface area contributed by atoms with E-state index in [1.807, 2.05) is 23.6 Å². The second kappa shape index (κ2) is 8.62. The van der Waals surface area contributed by atoms with E-state index in [-0.39, 0.29) is 12.2 Å². The van der Waals surface area contributed by atoms with E-state index >= 15 is 0 Å². The molecule has 1 saturated carbocycles. The molecule has 1 amide bonds. The molecule has 1 aromatic heterocycles. The van der Waals surface area contributed by atoms with Crippen LogP contribution in [0.5, 0.6) is 0 Å². The van der Waals surface area contributed by atoms with Gasteiger partial charge in [0.2, 0.25) is 0 Å². The maximum Gasteiger partial charge on any atom is 0.471 e. The molecular formula is C23H21F3N2OS. The van der Waals surface area contributed by atoms with Crippen molar-refractivity contribution in [2.75, 3.05) is 4.90 Å². The number of thiophene rings is 1. The zero-order valence-electron chi connectivity index (χ0n) is 16.1. The molecule has 30 heavy (non-hydrogen) atoms. The molecule has 0 spiro atoms. The summed E-state index contributed by atoms with van der Waals surface area (Å²) in [6.45, 7) is 0.689. The van der Waals surface area contributed by atoms with Gasteiger partial charge in [0.15, 0.2) is 0 Å². The third-order valence-corrected chi connectivity index (χ3v) is 6.09. The van der Waals surface area contributed by atoms with Crippen molar-refractivity contribution >= 4 is 22.9 Å². The molecule has 3 aromatic rings. The number of nitrogens with one attached hydrogen (secondary N) is 1. The molecule has 2 atom stereocenters. The molecule has 1 aliphatic rings. The minimum Gasteiger partial charge on any atom is -0.308 e. The molecule has 1 heterocycles. The van der Waals surface area contributed by atoms with Gasteiger partial charge in [-0.2, -0.15) is 13.2 Å². The highest BCUT2D eigenvalue weighted by Crippen LogP contribution is 2.41. The van der Waals surface area contributed by atoms with E-state index in [9.17, 15) is 18.0 Å². The van der Waals surface area contributed by atoms with Crippen molar-refractivity contribution in [3.63, 3.8) is 0 Å². The van der Waals surface area contributed by atoms with Crippen LogP contribution in [-0.2, 0) is 17.9 Å². The van der Waals surface area contributed by atoms with E-state index in [0.29, 0.717) is 17.5 Å². The van der Waals surface area contributed by atoms with Crippen LogP contribution in [0.15, 0.2) is 72.1 Å². The molecule has 0 aliphatic heterocycles. The normalized spacial score (nSPS) is 18.2. The van der Waals surface area contributed by atoms with Crippen molar-refractivity contribution in [1.82, 2.24) is 5.32 Å². The smallest absolute Gasteiger partial charge is 0.308 e. The topological polar surface area (TPSA) is 32.3 Å². The van der Waals surface area contributed by atoms with Gasteiger partial charge in [0, 0.05) is 29.1 Å². The summed E-state index contributed by atoms with van der Waals surface area (Å²) in [4.78, 5) is 14.1. The van der Waals surface area contributed by atoms with Gasteiger partial charge in [0.1, 0.15) is 0 Å². The third kappa shape index (κ3) is 4.91. The van der Waals surface area contributed by atoms with Crippen LogP contribution in [0.3, 0.4) is 0 Å². The Morgan fingerprint density at radius 1 is 1.03 bits per heavy atom. The van der Waals surface area contributed by atoms with Crippen molar-refractivity contribution in [1.29, 1.82) is 0 Å². The zero-order chi connectivity index (χ0) is 21.1. The number of anilines is 1. The van der Waals surface area contributed by atoms with E-state index in [2.05, 4.69) is 11.4 Å². The van der Waals surface area contributed by atoms with E-state index in [4.69, 9.17) is 0 Å². The van der Waals surface area contributed by atoms with Crippen LogP contribution in [0.1, 0.15) is 28.3 Å². The lowest BCUT2D eigenvalue weighted by Gasteiger charge is -2.24. The van der Waals surface area contributed by atoms with Gasteiger partial charge >= 0.3 is 12.1 Å². The molecule has 7 heteroatoms. The van der Waals surface area contributed by atoms with Crippen molar-refractivity contribution in [2.24, 2.45) is 0 Å². The number of nitrogens with zero attached hydrogens (tertiary/aromatic N) is 1. The fourth-order valence-corrected chi connectivity index (χ4v) is 4.19. The van der Waals surface area contributed by atoms with Gasteiger partial charge in [-0.15, -0.1) is 11.3 Å². The Morgan fingerprint density at radius 3 is 2.40 bits per heavy atom. The van der Waals surface area contributed by atoms with Crippen LogP contribution in [0, 0.1) is 0 Å². The van der Waals surface area contributed by atoms with Crippen molar-refractivity contribution in [3.05, 3.63) is 88.1 Å². The standard InChI is InChI=1S/C23H21F3N2OS/c24-23(25,26)22(29)28(15-16-5-2-1-3-6-16)18-10-8-17(9-11-18)20-13-21(20)27-14-19-7-4-12-30-19/h1-12,20-21,27H,13-15H2. The third-order valence-electron chi connectivity index (χ3n) is 5.21. The second-order valence-electron chi connectivity index (χ2n) is 7.38. The molecule has 3 nitrogen and oxygen atoms in total. The van der Waals surface area contributed by atoms with E-state index in [1.165, 1.54) is 4.88 Å². The molecular weight excluding hydrogens is 409 g/mol. The molecule has 156 valence electrons. The Morgan fingerprint density at radius 2 is 1.77 bits per heavy atom. The number of hydrogen-bond acceptors (Lipinski definition) is 3. The minimum atomic E-state index is -4.93. The monoisotopic (exact) mass is 430 g/mol. The fourth-order valence-electron chi connectivity index (χ4n) is 3.53. The highest BCUT2D eigenvalue weighted by atomic mass is 32.1. The first-order valence-corrected chi connectivity index (χ1v) is 10.6. The molecule has 0 saturated heterocycles. The lowest BCUT2D eigenvalue weighted by atomic mass is 10.1. The van der Waals surface area contributed by atoms with Crippen LogP contribution in [0.2, 0.25) is 0 Å². The molecule has 2 unspecified atom stereocenters. The fraction of sp³-hybridized carbons (Fsp3) is 0.261. The van der Waals surface area contributed by atoms with Crippen LogP contribution in [-0.4, -0.2) is 18.1 Å². The van der Waals surface area contributed by atoms with Gasteiger partial charge in [-0.05, 0) is 41.1 Å². The lowest BCUT2D eigenvalue weighted by molar-refractivity contribution is -0.170. The maximum atomic E-state index is 13.2. The van der Waals surface area contributed by atoms with Crippen molar-refractivity contribution < 1.29 is 18.0 Å². The quantitative estimate of drug-likeness (QED) is 0.538. The summed E-state index contributed by atoms with van der Waals surface area (Å²) in [5, 5.41) is 5.56. The Labute approximate surface area is 177 Å². The first-order chi connectivity index (χ1) is 14.4. The number of alkyl halides is 3. The number of benzene rings is 2. The number of halogens is 3. The Kier molecular flexibility index (Phi) is 5.92. The summed E-state index contributed by atoms with van der Waals surface area (Å²) >= 11 is 1.71. The number of rotatable bonds is 7. The summed E-state index contributed by atoms with van der Waals surface area (Å²) in [5.74, 6) is -1.51. The van der Waals surface area contributed by atoms with Gasteiger partial charge in [-0.25, -0.2) is 0 Å². The van der Waals surface area contributed by atoms with E-state index in [0.717, 1.165) is 23.4 Å². The average Bonchev–Trinajstić information content (AvgIpc) is 3.33. The molecule has 1 N–H and O–H groups in total. The summed E-state index contributed by atoms with van der Waals surface area (Å²) in [6.07, 6.45) is -3.93. The molecule has 4 rings (SSSR count). The van der Waals surface area contributed by atoms with Crippen molar-refractivity contribution in [3.8, 4) is 0 Å². The highest BCUT2D eigenvalue weighted by molar-refractivity contribution is 7.09. The molecule has 0 radical (unpaired) electrons. The van der Waals surface area contributed by atoms with Gasteiger partial charge in [0.25, 0.3) is 0 Å². The Hall–Kier alpha value is -2.64. The van der Waals surface area contributed by atoms with Crippen LogP contribution in [0.25, 0.3) is 0 Å². The second-order valence-corrected chi connectivity index (χ2v) is 8.41. The number of hydrogen-bond donors (Lipinski definition) is 1. The largest absolute Gasteiger partial charge is 0.471 e. The maximum absolute atomic E-state index is 13.2. The number of carbonyl (C=O) groups excluding carboxylic acids is 1. The van der Waals surface area contributed by atoms with Gasteiger partial charge in [0.05, 0.1) is 6.54 Å². The minimum absolute atomic E-state index is 0.132.